The Morgan fingerprint density at radius 1 is 1.36 bits per heavy atom. The van der Waals surface area contributed by atoms with Gasteiger partial charge in [-0.3, -0.25) is 4.57 Å². The Bertz CT molecular complexity index is 218. The van der Waals surface area contributed by atoms with Gasteiger partial charge in [-0.05, 0) is 51.9 Å². The van der Waals surface area contributed by atoms with Crippen molar-refractivity contribution in [3.63, 3.8) is 0 Å². The van der Waals surface area contributed by atoms with E-state index < -0.39 is 12.0 Å². The third-order valence-electron chi connectivity index (χ3n) is 0.493. The van der Waals surface area contributed by atoms with E-state index in [2.05, 4.69) is 4.52 Å². The lowest BCUT2D eigenvalue weighted by Gasteiger charge is -2.07. The molecule has 0 bridgehead atoms. The van der Waals surface area contributed by atoms with Crippen molar-refractivity contribution in [2.75, 3.05) is 6.61 Å². The number of halogens is 4. The Labute approximate surface area is 84.0 Å². The highest BCUT2D eigenvalue weighted by molar-refractivity contribution is 8.15. The van der Waals surface area contributed by atoms with E-state index in [4.69, 9.17) is 49.5 Å². The standard InChI is InChI=1S/C2H5Cl4NO2P2/c1-2-9-11(5,6)7-10(3,4)8/h2H2,1H3. The second-order valence-electron chi connectivity index (χ2n) is 1.38. The smallest absolute Gasteiger partial charge is 0.321 e. The molecule has 3 nitrogen and oxygen atoms in total. The van der Waals surface area contributed by atoms with Crippen molar-refractivity contribution in [3.8, 4) is 0 Å². The molecule has 0 aliphatic heterocycles. The summed E-state index contributed by atoms with van der Waals surface area (Å²) in [5.74, 6) is -6.61. The van der Waals surface area contributed by atoms with Crippen LogP contribution in [0.15, 0.2) is 4.52 Å². The molecule has 0 aromatic carbocycles. The average molecular weight is 279 g/mol. The zero-order valence-corrected chi connectivity index (χ0v) is 10.2. The van der Waals surface area contributed by atoms with E-state index in [0.29, 0.717) is 0 Å². The molecule has 0 aliphatic rings. The molecule has 0 atom stereocenters. The van der Waals surface area contributed by atoms with Gasteiger partial charge in [0.15, 0.2) is 0 Å². The lowest BCUT2D eigenvalue weighted by atomic mass is 10.9. The van der Waals surface area contributed by atoms with Crippen LogP contribution in [0.25, 0.3) is 0 Å². The number of rotatable bonds is 3. The Hall–Kier alpha value is 1.58. The molecule has 0 fully saturated rings. The van der Waals surface area contributed by atoms with Gasteiger partial charge in [0.1, 0.15) is 0 Å². The molecule has 68 valence electrons. The lowest BCUT2D eigenvalue weighted by Crippen LogP contribution is -1.75. The fourth-order valence-corrected chi connectivity index (χ4v) is 7.05. The molecule has 0 saturated heterocycles. The third-order valence-corrected chi connectivity index (χ3v) is 5.75. The molecule has 0 radical (unpaired) electrons. The summed E-state index contributed by atoms with van der Waals surface area (Å²) in [6, 6.07) is 0. The zero-order chi connectivity index (χ0) is 9.12. The Morgan fingerprint density at radius 3 is 2.09 bits per heavy atom. The summed E-state index contributed by atoms with van der Waals surface area (Å²) in [5, 5.41) is 0. The molecule has 0 rings (SSSR count). The first-order chi connectivity index (χ1) is 4.77. The van der Waals surface area contributed by atoms with Gasteiger partial charge in [0.25, 0.3) is 5.99 Å². The minimum atomic E-state index is -3.59. The van der Waals surface area contributed by atoms with E-state index in [1.54, 1.807) is 6.92 Å². The van der Waals surface area contributed by atoms with Crippen LogP contribution in [0.5, 0.6) is 0 Å². The van der Waals surface area contributed by atoms with Gasteiger partial charge in [-0.1, -0.05) is 0 Å². The van der Waals surface area contributed by atoms with Crippen molar-refractivity contribution >= 4 is 56.9 Å². The molecule has 0 aromatic heterocycles. The summed E-state index contributed by atoms with van der Waals surface area (Å²) in [6.07, 6.45) is 0. The number of hydrogen-bond acceptors (Lipinski definition) is 2. The minimum Gasteiger partial charge on any atom is -0.321 e. The molecule has 0 aliphatic carbocycles. The highest BCUT2D eigenvalue weighted by Gasteiger charge is 2.20. The van der Waals surface area contributed by atoms with Gasteiger partial charge in [0, 0.05) is 0 Å². The SMILES string of the molecule is CCOP(Cl)(Cl)=NP(=O)(Cl)Cl. The first-order valence-corrected chi connectivity index (χ1v) is 9.38. The number of nitrogens with zero attached hydrogens (tertiary/aromatic N) is 1. The first-order valence-electron chi connectivity index (χ1n) is 2.44. The topological polar surface area (TPSA) is 38.7 Å². The predicted octanol–water partition coefficient (Wildman–Crippen LogP) is 5.03. The molecule has 0 spiro atoms. The van der Waals surface area contributed by atoms with Gasteiger partial charge in [0.2, 0.25) is 0 Å². The summed E-state index contributed by atoms with van der Waals surface area (Å²) in [7, 11) is 0. The van der Waals surface area contributed by atoms with Crippen LogP contribution in [-0.2, 0) is 9.09 Å². The second-order valence-corrected chi connectivity index (χ2v) is 10.6. The second kappa shape index (κ2) is 4.72. The minimum absolute atomic E-state index is 0.262. The monoisotopic (exact) mass is 277 g/mol. The van der Waals surface area contributed by atoms with E-state index in [-0.39, 0.29) is 6.61 Å². The molecule has 0 saturated carbocycles. The molecular weight excluding hydrogens is 274 g/mol. The van der Waals surface area contributed by atoms with E-state index in [0.717, 1.165) is 0 Å². The molecule has 0 heterocycles. The van der Waals surface area contributed by atoms with Gasteiger partial charge in [-0.25, -0.2) is 0 Å². The van der Waals surface area contributed by atoms with Crippen LogP contribution >= 0.6 is 56.9 Å². The molecule has 0 N–H and O–H groups in total. The summed E-state index contributed by atoms with van der Waals surface area (Å²) in [6.45, 7) is 1.93. The Morgan fingerprint density at radius 2 is 1.82 bits per heavy atom. The average Bonchev–Trinajstić information content (AvgIpc) is 1.55. The van der Waals surface area contributed by atoms with Crippen molar-refractivity contribution in [1.29, 1.82) is 0 Å². The van der Waals surface area contributed by atoms with Crippen LogP contribution in [-0.4, -0.2) is 6.61 Å². The van der Waals surface area contributed by atoms with Gasteiger partial charge in [-0.15, -0.1) is 0 Å². The summed E-state index contributed by atoms with van der Waals surface area (Å²) < 4.78 is 18.6. The number of hydrogen-bond donors (Lipinski definition) is 0. The molecule has 0 amide bonds. The molecule has 9 heteroatoms. The van der Waals surface area contributed by atoms with E-state index in [1.807, 2.05) is 0 Å². The van der Waals surface area contributed by atoms with Crippen LogP contribution < -0.4 is 0 Å². The maximum Gasteiger partial charge on any atom is 0.366 e. The van der Waals surface area contributed by atoms with Crippen molar-refractivity contribution in [2.45, 2.75) is 6.92 Å². The molecule has 11 heavy (non-hydrogen) atoms. The van der Waals surface area contributed by atoms with Crippen molar-refractivity contribution < 1.29 is 9.09 Å². The fraction of sp³-hybridized carbons (Fsp3) is 1.00. The largest absolute Gasteiger partial charge is 0.366 e. The van der Waals surface area contributed by atoms with Crippen LogP contribution in [0.1, 0.15) is 6.92 Å². The van der Waals surface area contributed by atoms with Gasteiger partial charge in [-0.2, -0.15) is 4.52 Å². The van der Waals surface area contributed by atoms with Crippen molar-refractivity contribution in [3.05, 3.63) is 0 Å². The quantitative estimate of drug-likeness (QED) is 0.679. The van der Waals surface area contributed by atoms with E-state index in [9.17, 15) is 4.57 Å². The lowest BCUT2D eigenvalue weighted by molar-refractivity contribution is 0.388. The van der Waals surface area contributed by atoms with Crippen LogP contribution in [0, 0.1) is 0 Å². The van der Waals surface area contributed by atoms with Crippen LogP contribution in [0.2, 0.25) is 0 Å². The summed E-state index contributed by atoms with van der Waals surface area (Å²) in [4.78, 5) is 0. The highest BCUT2D eigenvalue weighted by Crippen LogP contribution is 2.72. The maximum atomic E-state index is 10.6. The molecule has 0 aromatic rings. The van der Waals surface area contributed by atoms with Gasteiger partial charge >= 0.3 is 6.00 Å². The van der Waals surface area contributed by atoms with Crippen molar-refractivity contribution in [2.24, 2.45) is 4.52 Å². The first kappa shape index (κ1) is 12.6. The highest BCUT2D eigenvalue weighted by atomic mass is 35.9. The fourth-order valence-electron chi connectivity index (χ4n) is 0.302. The maximum absolute atomic E-state index is 10.6. The normalized spacial score (nSPS) is 13.2. The molecule has 0 unspecified atom stereocenters. The van der Waals surface area contributed by atoms with Gasteiger partial charge in [0.05, 0.1) is 6.61 Å². The van der Waals surface area contributed by atoms with Crippen LogP contribution in [0.4, 0.5) is 0 Å². The zero-order valence-electron chi connectivity index (χ0n) is 5.38. The summed E-state index contributed by atoms with van der Waals surface area (Å²) >= 11 is 21.1. The van der Waals surface area contributed by atoms with Crippen molar-refractivity contribution in [1.82, 2.24) is 0 Å². The summed E-state index contributed by atoms with van der Waals surface area (Å²) in [5.41, 5.74) is 0. The predicted molar refractivity (Wildman–Crippen MR) is 52.0 cm³/mol. The van der Waals surface area contributed by atoms with Gasteiger partial charge < -0.3 is 4.52 Å². The molecular formula is C2H5Cl4NO2P2. The van der Waals surface area contributed by atoms with E-state index in [1.165, 1.54) is 0 Å². The van der Waals surface area contributed by atoms with E-state index >= 15 is 0 Å². The Kier molecular flexibility index (Phi) is 5.39. The van der Waals surface area contributed by atoms with Crippen LogP contribution in [0.3, 0.4) is 0 Å². The third kappa shape index (κ3) is 7.93. The Balaban J connectivity index is 4.53.